The van der Waals surface area contributed by atoms with E-state index in [4.69, 9.17) is 23.2 Å². The summed E-state index contributed by atoms with van der Waals surface area (Å²) < 4.78 is 0. The number of thiazole rings is 1. The molecule has 4 amide bonds. The number of hydrogen-bond donors (Lipinski definition) is 2. The van der Waals surface area contributed by atoms with Gasteiger partial charge in [0.2, 0.25) is 5.91 Å². The highest BCUT2D eigenvalue weighted by molar-refractivity contribution is 7.15. The Morgan fingerprint density at radius 1 is 1.12 bits per heavy atom. The molecular weight excluding hydrogens is 471 g/mol. The number of nitrogens with zero attached hydrogens (tertiary/aromatic N) is 2. The van der Waals surface area contributed by atoms with Crippen molar-refractivity contribution in [1.82, 2.24) is 15.2 Å². The minimum absolute atomic E-state index is 0.118. The van der Waals surface area contributed by atoms with Gasteiger partial charge in [0, 0.05) is 17.5 Å². The Kier molecular flexibility index (Phi) is 6.55. The summed E-state index contributed by atoms with van der Waals surface area (Å²) in [7, 11) is 0. The number of nitrogens with one attached hydrogen (secondary N) is 2. The minimum Gasteiger partial charge on any atom is -0.303 e. The Labute approximate surface area is 197 Å². The van der Waals surface area contributed by atoms with Crippen molar-refractivity contribution in [2.24, 2.45) is 0 Å². The molecule has 4 rings (SSSR count). The Balaban J connectivity index is 1.36. The molecule has 3 aromatic rings. The van der Waals surface area contributed by atoms with Crippen LogP contribution in [0.5, 0.6) is 0 Å². The van der Waals surface area contributed by atoms with Crippen LogP contribution < -0.4 is 10.6 Å². The number of amides is 4. The quantitative estimate of drug-likeness (QED) is 0.394. The maximum atomic E-state index is 12.5. The number of aromatic nitrogens is 1. The predicted octanol–water partition coefficient (Wildman–Crippen LogP) is 4.57. The Hall–Kier alpha value is -3.20. The van der Waals surface area contributed by atoms with Gasteiger partial charge in [-0.1, -0.05) is 59.6 Å². The molecule has 162 valence electrons. The van der Waals surface area contributed by atoms with Gasteiger partial charge in [-0.25, -0.2) is 14.7 Å². The number of rotatable bonds is 6. The first-order valence-corrected chi connectivity index (χ1v) is 11.0. The van der Waals surface area contributed by atoms with E-state index >= 15 is 0 Å². The number of halogens is 2. The first-order valence-electron chi connectivity index (χ1n) is 9.47. The highest BCUT2D eigenvalue weighted by Crippen LogP contribution is 2.26. The first kappa shape index (κ1) is 22.0. The Morgan fingerprint density at radius 2 is 1.91 bits per heavy atom. The van der Waals surface area contributed by atoms with E-state index in [1.807, 2.05) is 24.3 Å². The number of carbonyl (C=O) groups is 3. The zero-order valence-corrected chi connectivity index (χ0v) is 18.8. The summed E-state index contributed by atoms with van der Waals surface area (Å²) >= 11 is 13.3. The van der Waals surface area contributed by atoms with Crippen LogP contribution in [0.25, 0.3) is 6.08 Å². The molecule has 0 unspecified atom stereocenters. The molecule has 32 heavy (non-hydrogen) atoms. The zero-order chi connectivity index (χ0) is 22.7. The predicted molar refractivity (Wildman–Crippen MR) is 125 cm³/mol. The van der Waals surface area contributed by atoms with Crippen LogP contribution in [0.2, 0.25) is 10.0 Å². The van der Waals surface area contributed by atoms with Gasteiger partial charge in [-0.15, -0.1) is 11.3 Å². The van der Waals surface area contributed by atoms with E-state index in [0.29, 0.717) is 21.6 Å². The van der Waals surface area contributed by atoms with Crippen LogP contribution in [0.1, 0.15) is 16.0 Å². The third-order valence-corrected chi connectivity index (χ3v) is 6.19. The fourth-order valence-electron chi connectivity index (χ4n) is 3.03. The summed E-state index contributed by atoms with van der Waals surface area (Å²) in [6.07, 6.45) is 3.79. The Morgan fingerprint density at radius 3 is 2.66 bits per heavy atom. The highest BCUT2D eigenvalue weighted by Gasteiger charge is 2.35. The average Bonchev–Trinajstić information content (AvgIpc) is 3.30. The molecule has 1 aliphatic heterocycles. The van der Waals surface area contributed by atoms with E-state index in [1.54, 1.807) is 36.5 Å². The summed E-state index contributed by atoms with van der Waals surface area (Å²) in [6, 6.07) is 13.8. The van der Waals surface area contributed by atoms with E-state index in [-0.39, 0.29) is 5.70 Å². The SMILES string of the molecule is O=C(CN1C(=O)N/C(=C\c2ccccc2)C1=O)Nc1ncc(Cc2ccc(Cl)c(Cl)c2)s1. The van der Waals surface area contributed by atoms with Crippen LogP contribution in [-0.2, 0) is 16.0 Å². The minimum atomic E-state index is -0.647. The van der Waals surface area contributed by atoms with E-state index < -0.39 is 24.4 Å². The van der Waals surface area contributed by atoms with Crippen molar-refractivity contribution in [3.63, 3.8) is 0 Å². The molecule has 2 aromatic carbocycles. The normalized spacial score (nSPS) is 14.7. The summed E-state index contributed by atoms with van der Waals surface area (Å²) in [5, 5.41) is 6.45. The van der Waals surface area contributed by atoms with Crippen molar-refractivity contribution in [2.75, 3.05) is 11.9 Å². The van der Waals surface area contributed by atoms with Crippen molar-refractivity contribution < 1.29 is 14.4 Å². The summed E-state index contributed by atoms with van der Waals surface area (Å²) in [5.74, 6) is -1.08. The van der Waals surface area contributed by atoms with Crippen LogP contribution in [-0.4, -0.2) is 34.3 Å². The molecule has 0 radical (unpaired) electrons. The molecule has 7 nitrogen and oxygen atoms in total. The second kappa shape index (κ2) is 9.52. The molecule has 0 atom stereocenters. The van der Waals surface area contributed by atoms with Crippen molar-refractivity contribution in [2.45, 2.75) is 6.42 Å². The fraction of sp³-hybridized carbons (Fsp3) is 0.0909. The van der Waals surface area contributed by atoms with Crippen LogP contribution in [0.3, 0.4) is 0 Å². The maximum absolute atomic E-state index is 12.5. The largest absolute Gasteiger partial charge is 0.329 e. The number of hydrogen-bond acceptors (Lipinski definition) is 5. The molecule has 1 fully saturated rings. The fourth-order valence-corrected chi connectivity index (χ4v) is 4.21. The second-order valence-electron chi connectivity index (χ2n) is 6.90. The second-order valence-corrected chi connectivity index (χ2v) is 8.82. The van der Waals surface area contributed by atoms with E-state index in [0.717, 1.165) is 20.9 Å². The molecule has 1 aromatic heterocycles. The molecule has 2 heterocycles. The average molecular weight is 487 g/mol. The third kappa shape index (κ3) is 5.16. The van der Waals surface area contributed by atoms with E-state index in [2.05, 4.69) is 15.6 Å². The Bertz CT molecular complexity index is 1230. The summed E-state index contributed by atoms with van der Waals surface area (Å²) in [6.45, 7) is -0.418. The number of imide groups is 1. The number of urea groups is 1. The summed E-state index contributed by atoms with van der Waals surface area (Å²) in [5.41, 5.74) is 1.84. The topological polar surface area (TPSA) is 91.4 Å². The lowest BCUT2D eigenvalue weighted by Crippen LogP contribution is -2.38. The van der Waals surface area contributed by atoms with Gasteiger partial charge in [0.15, 0.2) is 5.13 Å². The third-order valence-electron chi connectivity index (χ3n) is 4.54. The first-order chi connectivity index (χ1) is 15.4. The van der Waals surface area contributed by atoms with Gasteiger partial charge in [0.25, 0.3) is 5.91 Å². The maximum Gasteiger partial charge on any atom is 0.329 e. The smallest absolute Gasteiger partial charge is 0.303 e. The van der Waals surface area contributed by atoms with Crippen LogP contribution in [0.15, 0.2) is 60.4 Å². The molecule has 2 N–H and O–H groups in total. The van der Waals surface area contributed by atoms with Crippen LogP contribution in [0.4, 0.5) is 9.93 Å². The van der Waals surface area contributed by atoms with Crippen molar-refractivity contribution >= 4 is 63.6 Å². The van der Waals surface area contributed by atoms with Gasteiger partial charge in [0.05, 0.1) is 10.0 Å². The van der Waals surface area contributed by atoms with E-state index in [1.165, 1.54) is 11.3 Å². The van der Waals surface area contributed by atoms with Gasteiger partial charge in [0.1, 0.15) is 12.2 Å². The highest BCUT2D eigenvalue weighted by atomic mass is 35.5. The number of carbonyl (C=O) groups excluding carboxylic acids is 3. The van der Waals surface area contributed by atoms with Gasteiger partial charge < -0.3 is 10.6 Å². The summed E-state index contributed by atoms with van der Waals surface area (Å²) in [4.78, 5) is 43.1. The molecule has 1 saturated heterocycles. The van der Waals surface area contributed by atoms with Gasteiger partial charge in [-0.2, -0.15) is 0 Å². The zero-order valence-electron chi connectivity index (χ0n) is 16.5. The molecular formula is C22H16Cl2N4O3S. The molecule has 0 spiro atoms. The number of anilines is 1. The lowest BCUT2D eigenvalue weighted by Gasteiger charge is -2.10. The standard InChI is InChI=1S/C22H16Cl2N4O3S/c23-16-7-6-14(9-17(16)24)8-15-11-25-21(32-15)27-19(29)12-28-20(30)18(26-22(28)31)10-13-4-2-1-3-5-13/h1-7,9-11H,8,12H2,(H,26,31)(H,25,27,29)/b18-10-. The molecule has 0 aliphatic carbocycles. The van der Waals surface area contributed by atoms with Crippen molar-refractivity contribution in [3.8, 4) is 0 Å². The monoisotopic (exact) mass is 486 g/mol. The number of benzene rings is 2. The van der Waals surface area contributed by atoms with E-state index in [9.17, 15) is 14.4 Å². The van der Waals surface area contributed by atoms with Gasteiger partial charge in [-0.05, 0) is 29.3 Å². The van der Waals surface area contributed by atoms with Crippen LogP contribution in [0, 0.1) is 0 Å². The molecule has 0 saturated carbocycles. The van der Waals surface area contributed by atoms with Crippen LogP contribution >= 0.6 is 34.5 Å². The van der Waals surface area contributed by atoms with Gasteiger partial charge in [-0.3, -0.25) is 9.59 Å². The lowest BCUT2D eigenvalue weighted by atomic mass is 10.1. The van der Waals surface area contributed by atoms with Crippen molar-refractivity contribution in [3.05, 3.63) is 86.5 Å². The molecule has 0 bridgehead atoms. The molecule has 10 heteroatoms. The van der Waals surface area contributed by atoms with Gasteiger partial charge >= 0.3 is 6.03 Å². The lowest BCUT2D eigenvalue weighted by molar-refractivity contribution is -0.127. The van der Waals surface area contributed by atoms with Crippen molar-refractivity contribution in [1.29, 1.82) is 0 Å². The molecule has 1 aliphatic rings.